The van der Waals surface area contributed by atoms with E-state index in [1.807, 2.05) is 18.2 Å². The predicted octanol–water partition coefficient (Wildman–Crippen LogP) is 0.918. The van der Waals surface area contributed by atoms with Gasteiger partial charge >= 0.3 is 0 Å². The first kappa shape index (κ1) is 25.2. The Hall–Kier alpha value is -2.41. The summed E-state index contributed by atoms with van der Waals surface area (Å²) in [6, 6.07) is 10.1. The lowest BCUT2D eigenvalue weighted by molar-refractivity contribution is -0.122. The summed E-state index contributed by atoms with van der Waals surface area (Å²) in [7, 11) is -3.32. The zero-order valence-corrected chi connectivity index (χ0v) is 22.0. The highest BCUT2D eigenvalue weighted by molar-refractivity contribution is 7.91. The van der Waals surface area contributed by atoms with E-state index < -0.39 is 21.2 Å². The van der Waals surface area contributed by atoms with Gasteiger partial charge in [-0.2, -0.15) is 4.98 Å². The first-order chi connectivity index (χ1) is 17.2. The molecule has 36 heavy (non-hydrogen) atoms. The van der Waals surface area contributed by atoms with Crippen LogP contribution >= 0.6 is 0 Å². The quantitative estimate of drug-likeness (QED) is 0.448. The molecule has 0 saturated carbocycles. The number of benzene rings is 1. The number of aromatic nitrogens is 2. The number of hydrogen-bond acceptors (Lipinski definition) is 8. The lowest BCUT2D eigenvalue weighted by atomic mass is 9.73. The van der Waals surface area contributed by atoms with Crippen LogP contribution in [0.4, 0.5) is 11.8 Å². The Morgan fingerprint density at radius 3 is 2.61 bits per heavy atom. The summed E-state index contributed by atoms with van der Waals surface area (Å²) in [6.45, 7) is 2.19. The largest absolute Gasteiger partial charge is 0.611 e. The topological polar surface area (TPSA) is 139 Å². The third-order valence-corrected chi connectivity index (χ3v) is 9.47. The van der Waals surface area contributed by atoms with E-state index in [-0.39, 0.29) is 17.4 Å². The maximum Gasteiger partial charge on any atom is 0.227 e. The van der Waals surface area contributed by atoms with Crippen molar-refractivity contribution in [3.05, 3.63) is 41.6 Å². The Labute approximate surface area is 214 Å². The Bertz CT molecular complexity index is 1210. The molecule has 0 bridgehead atoms. The molecule has 0 aliphatic carbocycles. The minimum absolute atomic E-state index is 0.0290. The van der Waals surface area contributed by atoms with Crippen LogP contribution in [0.2, 0.25) is 0 Å². The summed E-state index contributed by atoms with van der Waals surface area (Å²) < 4.78 is 39.2. The average molecular weight is 533 g/mol. The van der Waals surface area contributed by atoms with Gasteiger partial charge in [-0.15, -0.1) is 0 Å². The van der Waals surface area contributed by atoms with E-state index in [0.717, 1.165) is 24.1 Å². The highest BCUT2D eigenvalue weighted by Crippen LogP contribution is 2.38. The number of piperidine rings is 2. The van der Waals surface area contributed by atoms with E-state index in [4.69, 9.17) is 9.97 Å². The molecule has 5 rings (SSSR count). The molecule has 194 valence electrons. The second-order valence-corrected chi connectivity index (χ2v) is 13.2. The summed E-state index contributed by atoms with van der Waals surface area (Å²) in [5.41, 5.74) is 1.62. The molecule has 0 radical (unpaired) electrons. The number of anilines is 2. The van der Waals surface area contributed by atoms with E-state index in [1.165, 1.54) is 6.26 Å². The lowest BCUT2D eigenvalue weighted by Gasteiger charge is -2.42. The lowest BCUT2D eigenvalue weighted by Crippen LogP contribution is -2.49. The first-order valence-corrected chi connectivity index (χ1v) is 15.5. The zero-order chi connectivity index (χ0) is 25.3. The van der Waals surface area contributed by atoms with Gasteiger partial charge in [0.1, 0.15) is 11.4 Å². The van der Waals surface area contributed by atoms with Crippen molar-refractivity contribution in [2.24, 2.45) is 0 Å². The molecule has 2 aromatic rings. The van der Waals surface area contributed by atoms with E-state index in [2.05, 4.69) is 32.4 Å². The summed E-state index contributed by atoms with van der Waals surface area (Å²) >= 11 is -1.14. The van der Waals surface area contributed by atoms with Gasteiger partial charge in [-0.05, 0) is 36.0 Å². The standard InChI is InChI=1S/C24H32N6O4S2/c1-36(33,34)26-16-24(17-5-3-2-4-6-17)10-12-30(13-11-24)23-28-19-9-14-35(32)21(19)22(29-23)27-18-7-8-20(31)25-15-18/h2-6,18,26H,7-16H2,1H3,(H,25,31)(H,27,28,29)/t18-,35?/m0/s1. The number of aryl methyl sites for hydroxylation is 1. The molecule has 2 fully saturated rings. The number of rotatable bonds is 7. The van der Waals surface area contributed by atoms with Crippen LogP contribution in [0, 0.1) is 0 Å². The maximum atomic E-state index is 12.7. The molecule has 1 amide bonds. The minimum atomic E-state index is -3.32. The van der Waals surface area contributed by atoms with Crippen LogP contribution in [-0.4, -0.2) is 73.1 Å². The maximum absolute atomic E-state index is 12.7. The van der Waals surface area contributed by atoms with Crippen molar-refractivity contribution < 1.29 is 17.8 Å². The summed E-state index contributed by atoms with van der Waals surface area (Å²) in [5.74, 6) is 1.79. The van der Waals surface area contributed by atoms with Crippen molar-refractivity contribution >= 4 is 38.9 Å². The number of fused-ring (bicyclic) bond motifs is 1. The third kappa shape index (κ3) is 5.46. The molecule has 1 aromatic carbocycles. The smallest absolute Gasteiger partial charge is 0.227 e. The molecule has 4 heterocycles. The van der Waals surface area contributed by atoms with Gasteiger partial charge in [0.2, 0.25) is 26.8 Å². The molecule has 2 atom stereocenters. The van der Waals surface area contributed by atoms with Gasteiger partial charge in [-0.1, -0.05) is 30.3 Å². The Morgan fingerprint density at radius 1 is 1.19 bits per heavy atom. The van der Waals surface area contributed by atoms with Crippen molar-refractivity contribution in [1.82, 2.24) is 20.0 Å². The van der Waals surface area contributed by atoms with Crippen LogP contribution < -0.4 is 20.3 Å². The first-order valence-electron chi connectivity index (χ1n) is 12.3. The molecule has 10 nitrogen and oxygen atoms in total. The van der Waals surface area contributed by atoms with Crippen molar-refractivity contribution in [1.29, 1.82) is 0 Å². The second-order valence-electron chi connectivity index (χ2n) is 9.86. The average Bonchev–Trinajstić information content (AvgIpc) is 3.25. The number of sulfonamides is 1. The molecular formula is C24H32N6O4S2. The van der Waals surface area contributed by atoms with Gasteiger partial charge in [0.05, 0.1) is 6.26 Å². The summed E-state index contributed by atoms with van der Waals surface area (Å²) in [4.78, 5) is 24.0. The van der Waals surface area contributed by atoms with Gasteiger partial charge in [0, 0.05) is 50.5 Å². The Morgan fingerprint density at radius 2 is 1.94 bits per heavy atom. The molecular weight excluding hydrogens is 500 g/mol. The van der Waals surface area contributed by atoms with Gasteiger partial charge in [0.15, 0.2) is 5.82 Å². The SMILES string of the molecule is CS(=O)(=O)NCC1(c2ccccc2)CCN(c2nc3c(c(N[C@H]4CCC(=O)NC4)n2)[S+]([O-])CC3)CC1. The predicted molar refractivity (Wildman–Crippen MR) is 139 cm³/mol. The van der Waals surface area contributed by atoms with E-state index in [1.54, 1.807) is 0 Å². The second kappa shape index (κ2) is 10.2. The van der Waals surface area contributed by atoms with E-state index in [0.29, 0.717) is 67.9 Å². The number of carbonyl (C=O) groups is 1. The Kier molecular flexibility index (Phi) is 7.12. The number of nitrogens with one attached hydrogen (secondary N) is 3. The normalized spacial score (nSPS) is 23.7. The monoisotopic (exact) mass is 532 g/mol. The van der Waals surface area contributed by atoms with E-state index >= 15 is 0 Å². The fourth-order valence-electron chi connectivity index (χ4n) is 5.24. The number of nitrogens with zero attached hydrogens (tertiary/aromatic N) is 3. The summed E-state index contributed by atoms with van der Waals surface area (Å²) in [5, 5.41) is 6.30. The highest BCUT2D eigenvalue weighted by atomic mass is 32.2. The van der Waals surface area contributed by atoms with Crippen LogP contribution in [0.3, 0.4) is 0 Å². The summed E-state index contributed by atoms with van der Waals surface area (Å²) in [6.07, 6.45) is 4.47. The fourth-order valence-corrected chi connectivity index (χ4v) is 7.09. The van der Waals surface area contributed by atoms with Crippen LogP contribution in [0.25, 0.3) is 0 Å². The number of amides is 1. The minimum Gasteiger partial charge on any atom is -0.611 e. The molecule has 3 aliphatic rings. The van der Waals surface area contributed by atoms with Crippen LogP contribution in [0.5, 0.6) is 0 Å². The van der Waals surface area contributed by atoms with Gasteiger partial charge in [-0.25, -0.2) is 18.1 Å². The van der Waals surface area contributed by atoms with Crippen molar-refractivity contribution in [3.8, 4) is 0 Å². The van der Waals surface area contributed by atoms with Crippen LogP contribution in [-0.2, 0) is 37.8 Å². The third-order valence-electron chi connectivity index (χ3n) is 7.34. The molecule has 1 unspecified atom stereocenters. The van der Waals surface area contributed by atoms with Crippen molar-refractivity contribution in [2.45, 2.75) is 48.5 Å². The number of hydrogen-bond donors (Lipinski definition) is 3. The zero-order valence-electron chi connectivity index (χ0n) is 20.3. The van der Waals surface area contributed by atoms with Crippen LogP contribution in [0.15, 0.2) is 35.2 Å². The Balaban J connectivity index is 1.37. The fraction of sp³-hybridized carbons (Fsp3) is 0.542. The van der Waals surface area contributed by atoms with Crippen LogP contribution in [0.1, 0.15) is 36.9 Å². The molecule has 2 saturated heterocycles. The van der Waals surface area contributed by atoms with E-state index in [9.17, 15) is 17.8 Å². The van der Waals surface area contributed by atoms with Gasteiger partial charge in [-0.3, -0.25) is 4.79 Å². The van der Waals surface area contributed by atoms with Gasteiger partial charge < -0.3 is 20.1 Å². The molecule has 3 N–H and O–H groups in total. The molecule has 1 aromatic heterocycles. The van der Waals surface area contributed by atoms with Crippen molar-refractivity contribution in [2.75, 3.05) is 48.4 Å². The van der Waals surface area contributed by atoms with Crippen molar-refractivity contribution in [3.63, 3.8) is 0 Å². The molecule has 12 heteroatoms. The molecule has 0 spiro atoms. The number of carbonyl (C=O) groups excluding carboxylic acids is 1. The van der Waals surface area contributed by atoms with Gasteiger partial charge in [0.25, 0.3) is 0 Å². The molecule has 3 aliphatic heterocycles. The highest BCUT2D eigenvalue weighted by Gasteiger charge is 2.39.